The first-order chi connectivity index (χ1) is 13.3. The maximum Gasteiger partial charge on any atom is 0.279 e. The topological polar surface area (TPSA) is 53.9 Å². The molecule has 0 aliphatic rings. The summed E-state index contributed by atoms with van der Waals surface area (Å²) in [7, 11) is 1.65. The number of hydrogen-bond donors (Lipinski definition) is 2. The molecule has 8 heteroatoms. The molecule has 2 aromatic rings. The van der Waals surface area contributed by atoms with Crippen LogP contribution < -0.4 is 10.2 Å². The number of carbonyl (C=O) groups excluding carboxylic acids is 2. The highest BCUT2D eigenvalue weighted by atomic mass is 19.2. The number of benzene rings is 2. The zero-order valence-corrected chi connectivity index (χ0v) is 15.8. The van der Waals surface area contributed by atoms with Crippen molar-refractivity contribution in [1.29, 1.82) is 0 Å². The van der Waals surface area contributed by atoms with Crippen molar-refractivity contribution in [3.05, 3.63) is 65.5 Å². The molecule has 5 nitrogen and oxygen atoms in total. The van der Waals surface area contributed by atoms with Crippen molar-refractivity contribution in [2.75, 3.05) is 32.0 Å². The molecular formula is C20H23F3N3O2+. The van der Waals surface area contributed by atoms with E-state index >= 15 is 0 Å². The normalized spacial score (nSPS) is 11.8. The summed E-state index contributed by atoms with van der Waals surface area (Å²) in [6, 6.07) is 11.2. The first-order valence-electron chi connectivity index (χ1n) is 8.88. The standard InChI is InChI=1S/C20H22F3N3O2/c1-3-26(11-14-7-5-4-6-8-14)18(28)13-25(2)12-17(27)24-16-10-9-15(21)19(22)20(16)23/h4-10H,3,11-13H2,1-2H3,(H,24,27)/p+1. The fraction of sp³-hybridized carbons (Fsp3) is 0.300. The number of nitrogens with zero attached hydrogens (tertiary/aromatic N) is 1. The van der Waals surface area contributed by atoms with Gasteiger partial charge in [-0.05, 0) is 24.6 Å². The molecule has 0 aliphatic heterocycles. The Hall–Kier alpha value is -2.87. The molecule has 0 saturated heterocycles. The number of likely N-dealkylation sites (N-methyl/N-ethyl adjacent to an activating group) is 2. The van der Waals surface area contributed by atoms with Gasteiger partial charge in [-0.1, -0.05) is 30.3 Å². The molecule has 0 radical (unpaired) electrons. The molecule has 0 saturated carbocycles. The first kappa shape index (κ1) is 21.4. The molecule has 1 unspecified atom stereocenters. The van der Waals surface area contributed by atoms with Crippen molar-refractivity contribution in [3.63, 3.8) is 0 Å². The molecule has 150 valence electrons. The number of halogens is 3. The van der Waals surface area contributed by atoms with E-state index in [1.165, 1.54) is 0 Å². The van der Waals surface area contributed by atoms with Crippen LogP contribution in [0.4, 0.5) is 18.9 Å². The summed E-state index contributed by atoms with van der Waals surface area (Å²) in [5.74, 6) is -5.17. The van der Waals surface area contributed by atoms with Crippen LogP contribution in [0.1, 0.15) is 12.5 Å². The Kier molecular flexibility index (Phi) is 7.57. The zero-order chi connectivity index (χ0) is 20.7. The fourth-order valence-corrected chi connectivity index (χ4v) is 2.70. The van der Waals surface area contributed by atoms with E-state index in [0.717, 1.165) is 17.7 Å². The molecule has 0 aromatic heterocycles. The van der Waals surface area contributed by atoms with Gasteiger partial charge in [-0.25, -0.2) is 13.2 Å². The van der Waals surface area contributed by atoms with E-state index in [1.54, 1.807) is 11.9 Å². The SMILES string of the molecule is CCN(Cc1ccccc1)C(=O)C[NH+](C)CC(=O)Nc1ccc(F)c(F)c1F. The van der Waals surface area contributed by atoms with E-state index in [1.807, 2.05) is 37.3 Å². The van der Waals surface area contributed by atoms with Crippen LogP contribution in [0.15, 0.2) is 42.5 Å². The first-order valence-corrected chi connectivity index (χ1v) is 8.88. The van der Waals surface area contributed by atoms with E-state index in [4.69, 9.17) is 0 Å². The third-order valence-corrected chi connectivity index (χ3v) is 4.18. The second-order valence-corrected chi connectivity index (χ2v) is 6.48. The van der Waals surface area contributed by atoms with Gasteiger partial charge in [0.25, 0.3) is 11.8 Å². The number of anilines is 1. The van der Waals surface area contributed by atoms with Gasteiger partial charge < -0.3 is 15.1 Å². The van der Waals surface area contributed by atoms with Crippen molar-refractivity contribution in [1.82, 2.24) is 4.90 Å². The highest BCUT2D eigenvalue weighted by Gasteiger charge is 2.20. The van der Waals surface area contributed by atoms with Crippen LogP contribution >= 0.6 is 0 Å². The highest BCUT2D eigenvalue weighted by molar-refractivity contribution is 5.91. The van der Waals surface area contributed by atoms with Gasteiger partial charge in [0.1, 0.15) is 0 Å². The Labute approximate surface area is 161 Å². The predicted molar refractivity (Wildman–Crippen MR) is 99.1 cm³/mol. The van der Waals surface area contributed by atoms with Gasteiger partial charge in [0.05, 0.1) is 12.7 Å². The van der Waals surface area contributed by atoms with Crippen LogP contribution in [0.3, 0.4) is 0 Å². The molecule has 0 fully saturated rings. The monoisotopic (exact) mass is 394 g/mol. The summed E-state index contributed by atoms with van der Waals surface area (Å²) in [4.78, 5) is 26.8. The molecule has 28 heavy (non-hydrogen) atoms. The fourth-order valence-electron chi connectivity index (χ4n) is 2.70. The summed E-state index contributed by atoms with van der Waals surface area (Å²) in [5, 5.41) is 2.20. The van der Waals surface area contributed by atoms with Crippen molar-refractivity contribution in [2.45, 2.75) is 13.5 Å². The van der Waals surface area contributed by atoms with Crippen LogP contribution in [0.2, 0.25) is 0 Å². The van der Waals surface area contributed by atoms with Crippen molar-refractivity contribution in [3.8, 4) is 0 Å². The summed E-state index contributed by atoms with van der Waals surface area (Å²) < 4.78 is 39.8. The quantitative estimate of drug-likeness (QED) is 0.669. The predicted octanol–water partition coefficient (Wildman–Crippen LogP) is 1.61. The Morgan fingerprint density at radius 2 is 1.68 bits per heavy atom. The number of amides is 2. The van der Waals surface area contributed by atoms with Gasteiger partial charge in [-0.3, -0.25) is 9.59 Å². The lowest BCUT2D eigenvalue weighted by molar-refractivity contribution is -0.862. The van der Waals surface area contributed by atoms with Gasteiger partial charge in [-0.15, -0.1) is 0 Å². The van der Waals surface area contributed by atoms with E-state index in [9.17, 15) is 22.8 Å². The lowest BCUT2D eigenvalue weighted by atomic mass is 10.2. The number of rotatable bonds is 8. The van der Waals surface area contributed by atoms with Crippen molar-refractivity contribution in [2.24, 2.45) is 0 Å². The minimum absolute atomic E-state index is 0.0638. The van der Waals surface area contributed by atoms with E-state index in [2.05, 4.69) is 5.32 Å². The summed E-state index contributed by atoms with van der Waals surface area (Å²) in [6.45, 7) is 2.79. The number of quaternary nitrogens is 1. The Morgan fingerprint density at radius 1 is 1.00 bits per heavy atom. The zero-order valence-electron chi connectivity index (χ0n) is 15.8. The molecule has 0 bridgehead atoms. The molecule has 2 aromatic carbocycles. The van der Waals surface area contributed by atoms with E-state index < -0.39 is 29.0 Å². The van der Waals surface area contributed by atoms with Gasteiger partial charge in [0.2, 0.25) is 0 Å². The van der Waals surface area contributed by atoms with Gasteiger partial charge >= 0.3 is 0 Å². The number of carbonyl (C=O) groups is 2. The van der Waals surface area contributed by atoms with Crippen molar-refractivity contribution < 1.29 is 27.7 Å². The van der Waals surface area contributed by atoms with Crippen LogP contribution in [-0.2, 0) is 16.1 Å². The van der Waals surface area contributed by atoms with E-state index in [-0.39, 0.29) is 19.0 Å². The average molecular weight is 394 g/mol. The second kappa shape index (κ2) is 9.89. The maximum atomic E-state index is 13.6. The Bertz CT molecular complexity index is 831. The average Bonchev–Trinajstić information content (AvgIpc) is 2.67. The minimum Gasteiger partial charge on any atom is -0.334 e. The molecular weight excluding hydrogens is 371 g/mol. The summed E-state index contributed by atoms with van der Waals surface area (Å²) in [6.07, 6.45) is 0. The lowest BCUT2D eigenvalue weighted by Crippen LogP contribution is -3.11. The molecule has 0 aliphatic carbocycles. The van der Waals surface area contributed by atoms with Crippen molar-refractivity contribution >= 4 is 17.5 Å². The third kappa shape index (κ3) is 5.82. The Morgan fingerprint density at radius 3 is 2.32 bits per heavy atom. The third-order valence-electron chi connectivity index (χ3n) is 4.18. The number of hydrogen-bond acceptors (Lipinski definition) is 2. The number of nitrogens with one attached hydrogen (secondary N) is 2. The lowest BCUT2D eigenvalue weighted by Gasteiger charge is -2.22. The largest absolute Gasteiger partial charge is 0.334 e. The van der Waals surface area contributed by atoms with Gasteiger partial charge in [-0.2, -0.15) is 0 Å². The minimum atomic E-state index is -1.65. The van der Waals surface area contributed by atoms with Crippen LogP contribution in [-0.4, -0.2) is 43.4 Å². The molecule has 0 heterocycles. The summed E-state index contributed by atoms with van der Waals surface area (Å²) >= 11 is 0. The van der Waals surface area contributed by atoms with Crippen LogP contribution in [0.5, 0.6) is 0 Å². The maximum absolute atomic E-state index is 13.6. The molecule has 1 atom stereocenters. The van der Waals surface area contributed by atoms with Crippen LogP contribution in [0, 0.1) is 17.5 Å². The highest BCUT2D eigenvalue weighted by Crippen LogP contribution is 2.19. The second-order valence-electron chi connectivity index (χ2n) is 6.48. The molecule has 0 spiro atoms. The Balaban J connectivity index is 1.89. The summed E-state index contributed by atoms with van der Waals surface area (Å²) in [5.41, 5.74) is 0.559. The molecule has 2 N–H and O–H groups in total. The smallest absolute Gasteiger partial charge is 0.279 e. The van der Waals surface area contributed by atoms with Crippen LogP contribution in [0.25, 0.3) is 0 Å². The van der Waals surface area contributed by atoms with Gasteiger partial charge in [0, 0.05) is 13.1 Å². The van der Waals surface area contributed by atoms with E-state index in [0.29, 0.717) is 18.0 Å². The van der Waals surface area contributed by atoms with Gasteiger partial charge in [0.15, 0.2) is 30.5 Å². The molecule has 2 amide bonds. The molecule has 2 rings (SSSR count).